The van der Waals surface area contributed by atoms with Crippen LogP contribution in [0.15, 0.2) is 6.20 Å². The van der Waals surface area contributed by atoms with Crippen LogP contribution in [0.4, 0.5) is 0 Å². The van der Waals surface area contributed by atoms with Crippen LogP contribution in [0.2, 0.25) is 0 Å². The first-order valence-electron chi connectivity index (χ1n) is 4.02. The van der Waals surface area contributed by atoms with E-state index in [4.69, 9.17) is 5.11 Å². The van der Waals surface area contributed by atoms with Gasteiger partial charge in [-0.25, -0.2) is 4.98 Å². The molecule has 0 saturated carbocycles. The number of halogens is 1. The Kier molecular flexibility index (Phi) is 6.46. The molecule has 1 aromatic rings. The first-order valence-corrected chi connectivity index (χ1v) is 5.42. The van der Waals surface area contributed by atoms with Gasteiger partial charge in [-0.15, -0.1) is 0 Å². The van der Waals surface area contributed by atoms with Gasteiger partial charge in [-0.3, -0.25) is 0 Å². The molecule has 0 spiro atoms. The van der Waals surface area contributed by atoms with Gasteiger partial charge in [0.2, 0.25) is 5.69 Å². The quantitative estimate of drug-likeness (QED) is 0.624. The number of nitrogens with one attached hydrogen (secondary N) is 1. The van der Waals surface area contributed by atoms with Crippen molar-refractivity contribution in [3.05, 3.63) is 23.0 Å². The molecule has 1 aromatic heterocycles. The van der Waals surface area contributed by atoms with Crippen molar-refractivity contribution < 1.29 is 39.2 Å². The van der Waals surface area contributed by atoms with Gasteiger partial charge in [0.05, 0.1) is 6.61 Å². The number of hydrogen-bond acceptors (Lipinski definition) is 3. The van der Waals surface area contributed by atoms with E-state index >= 15 is 0 Å². The molecule has 3 N–H and O–H groups in total. The second kappa shape index (κ2) is 6.47. The third-order valence-corrected chi connectivity index (χ3v) is 2.55. The summed E-state index contributed by atoms with van der Waals surface area (Å²) in [6.45, 7) is 1.66. The molecule has 80 valence electrons. The highest BCUT2D eigenvalue weighted by Crippen LogP contribution is 2.23. The van der Waals surface area contributed by atoms with E-state index in [9.17, 15) is 5.11 Å². The average Bonchev–Trinajstić information content (AvgIpc) is 2.12. The second-order valence-electron chi connectivity index (χ2n) is 2.86. The van der Waals surface area contributed by atoms with Gasteiger partial charge in [-0.2, -0.15) is 11.8 Å². The Morgan fingerprint density at radius 1 is 1.50 bits per heavy atom. The highest BCUT2D eigenvalue weighted by molar-refractivity contribution is 7.97. The Morgan fingerprint density at radius 3 is 2.64 bits per heavy atom. The van der Waals surface area contributed by atoms with E-state index in [1.54, 1.807) is 18.7 Å². The fourth-order valence-corrected chi connectivity index (χ4v) is 1.76. The van der Waals surface area contributed by atoms with Gasteiger partial charge in [-0.1, -0.05) is 0 Å². The third-order valence-electron chi connectivity index (χ3n) is 1.95. The summed E-state index contributed by atoms with van der Waals surface area (Å²) >= 11 is 1.66. The Hall–Kier alpha value is -0.0100. The van der Waals surface area contributed by atoms with E-state index in [0.29, 0.717) is 11.3 Å². The number of H-pyrrole nitrogens is 1. The van der Waals surface area contributed by atoms with Gasteiger partial charge in [0.15, 0.2) is 11.9 Å². The largest absolute Gasteiger partial charge is 1.00 e. The van der Waals surface area contributed by atoms with Crippen LogP contribution in [0.3, 0.4) is 0 Å². The molecular weight excluding hydrogens is 313 g/mol. The standard InChI is InChI=1S/C9H13NO2S.HI/c1-6-9(12)8(4-11)7(3-10-6)5-13-2;/h3,11-12H,4-5H2,1-2H3;1H. The summed E-state index contributed by atoms with van der Waals surface area (Å²) in [4.78, 5) is 2.95. The molecule has 0 atom stereocenters. The summed E-state index contributed by atoms with van der Waals surface area (Å²) in [6, 6.07) is 0. The second-order valence-corrected chi connectivity index (χ2v) is 3.72. The number of hydrogen-bond donors (Lipinski definition) is 2. The summed E-state index contributed by atoms with van der Waals surface area (Å²) in [6.07, 6.45) is 3.81. The van der Waals surface area contributed by atoms with Gasteiger partial charge in [-0.05, 0) is 6.26 Å². The van der Waals surface area contributed by atoms with E-state index in [2.05, 4.69) is 4.98 Å². The highest BCUT2D eigenvalue weighted by Gasteiger charge is 2.14. The molecule has 0 unspecified atom stereocenters. The van der Waals surface area contributed by atoms with Crippen LogP contribution in [0.25, 0.3) is 0 Å². The molecule has 0 aliphatic heterocycles. The van der Waals surface area contributed by atoms with Gasteiger partial charge in [0.25, 0.3) is 0 Å². The predicted octanol–water partition coefficient (Wildman–Crippen LogP) is -2.13. The van der Waals surface area contributed by atoms with Crippen molar-refractivity contribution in [2.24, 2.45) is 0 Å². The number of thioether (sulfide) groups is 1. The van der Waals surface area contributed by atoms with Crippen molar-refractivity contribution in [2.45, 2.75) is 19.3 Å². The van der Waals surface area contributed by atoms with Crippen molar-refractivity contribution >= 4 is 11.8 Å². The Morgan fingerprint density at radius 2 is 2.14 bits per heavy atom. The summed E-state index contributed by atoms with van der Waals surface area (Å²) < 4.78 is 0. The van der Waals surface area contributed by atoms with E-state index in [1.807, 2.05) is 12.5 Å². The minimum atomic E-state index is -0.114. The van der Waals surface area contributed by atoms with Crippen molar-refractivity contribution in [3.8, 4) is 5.75 Å². The topological polar surface area (TPSA) is 54.6 Å². The van der Waals surface area contributed by atoms with Crippen LogP contribution in [0.1, 0.15) is 16.8 Å². The van der Waals surface area contributed by atoms with Crippen LogP contribution < -0.4 is 29.0 Å². The number of aromatic hydroxyl groups is 1. The lowest BCUT2D eigenvalue weighted by Crippen LogP contribution is -3.00. The van der Waals surface area contributed by atoms with Gasteiger partial charge in [0, 0.05) is 23.8 Å². The molecule has 3 nitrogen and oxygen atoms in total. The fraction of sp³-hybridized carbons (Fsp3) is 0.444. The average molecular weight is 327 g/mol. The maximum atomic E-state index is 9.60. The SMILES string of the molecule is CSCc1c[nH+]c(C)c(O)c1CO.[I-]. The summed E-state index contributed by atoms with van der Waals surface area (Å²) in [5.41, 5.74) is 2.28. The third kappa shape index (κ3) is 2.99. The molecule has 0 aliphatic carbocycles. The Balaban J connectivity index is 0.00000169. The van der Waals surface area contributed by atoms with E-state index in [-0.39, 0.29) is 36.3 Å². The molecule has 0 aliphatic rings. The number of aryl methyl sites for hydroxylation is 1. The molecule has 0 aromatic carbocycles. The van der Waals surface area contributed by atoms with Crippen molar-refractivity contribution in [3.63, 3.8) is 0 Å². The summed E-state index contributed by atoms with van der Waals surface area (Å²) in [5.74, 6) is 0.967. The van der Waals surface area contributed by atoms with Crippen LogP contribution in [0, 0.1) is 6.92 Å². The van der Waals surface area contributed by atoms with E-state index in [1.165, 1.54) is 0 Å². The Labute approximate surface area is 105 Å². The zero-order valence-corrected chi connectivity index (χ0v) is 11.1. The van der Waals surface area contributed by atoms with Crippen LogP contribution in [-0.4, -0.2) is 16.5 Å². The van der Waals surface area contributed by atoms with Gasteiger partial charge < -0.3 is 34.2 Å². The van der Waals surface area contributed by atoms with Gasteiger partial charge in [0.1, 0.15) is 0 Å². The van der Waals surface area contributed by atoms with Crippen molar-refractivity contribution in [2.75, 3.05) is 6.26 Å². The highest BCUT2D eigenvalue weighted by atomic mass is 127. The lowest BCUT2D eigenvalue weighted by molar-refractivity contribution is -0.389. The first-order chi connectivity index (χ1) is 6.20. The van der Waals surface area contributed by atoms with Gasteiger partial charge >= 0.3 is 0 Å². The smallest absolute Gasteiger partial charge is 0.219 e. The van der Waals surface area contributed by atoms with Crippen molar-refractivity contribution in [1.29, 1.82) is 0 Å². The maximum Gasteiger partial charge on any atom is 0.219 e. The van der Waals surface area contributed by atoms with E-state index < -0.39 is 0 Å². The van der Waals surface area contributed by atoms with Crippen molar-refractivity contribution in [1.82, 2.24) is 0 Å². The normalized spacial score (nSPS) is 9.64. The minimum Gasteiger partial charge on any atom is -1.00 e. The van der Waals surface area contributed by atoms with E-state index in [0.717, 1.165) is 11.3 Å². The Bertz CT molecular complexity index is 307. The lowest BCUT2D eigenvalue weighted by Gasteiger charge is -2.05. The molecule has 0 fully saturated rings. The maximum absolute atomic E-state index is 9.60. The lowest BCUT2D eigenvalue weighted by atomic mass is 10.1. The zero-order valence-electron chi connectivity index (χ0n) is 8.17. The minimum absolute atomic E-state index is 0. The molecule has 5 heteroatoms. The number of aromatic nitrogens is 1. The molecule has 0 saturated heterocycles. The fourth-order valence-electron chi connectivity index (χ4n) is 1.19. The number of pyridine rings is 1. The first kappa shape index (κ1) is 14.0. The number of aromatic amines is 1. The number of aliphatic hydroxyl groups is 1. The molecular formula is C9H14INO2S. The summed E-state index contributed by atoms with van der Waals surface area (Å²) in [7, 11) is 0. The van der Waals surface area contributed by atoms with Crippen LogP contribution in [0.5, 0.6) is 5.75 Å². The predicted molar refractivity (Wildman–Crippen MR) is 52.5 cm³/mol. The molecule has 0 amide bonds. The molecule has 0 bridgehead atoms. The monoisotopic (exact) mass is 327 g/mol. The van der Waals surface area contributed by atoms with Crippen LogP contribution >= 0.6 is 11.8 Å². The molecule has 0 radical (unpaired) electrons. The molecule has 14 heavy (non-hydrogen) atoms. The summed E-state index contributed by atoms with van der Waals surface area (Å²) in [5, 5.41) is 18.7. The van der Waals surface area contributed by atoms with Crippen LogP contribution in [-0.2, 0) is 12.4 Å². The number of rotatable bonds is 3. The zero-order chi connectivity index (χ0) is 9.84. The molecule has 1 heterocycles. The number of aliphatic hydroxyl groups excluding tert-OH is 1. The molecule has 1 rings (SSSR count).